The molecule has 0 saturated carbocycles. The van der Waals surface area contributed by atoms with Crippen LogP contribution in [0, 0.1) is 13.1 Å². The van der Waals surface area contributed by atoms with Crippen molar-refractivity contribution in [3.63, 3.8) is 0 Å². The summed E-state index contributed by atoms with van der Waals surface area (Å²) in [5, 5.41) is -0.246. The Morgan fingerprint density at radius 1 is 0.750 bits per heavy atom. The van der Waals surface area contributed by atoms with Crippen molar-refractivity contribution in [3.05, 3.63) is 59.2 Å². The first-order valence-electron chi connectivity index (χ1n) is 8.27. The SMILES string of the molecule is [C-]#[N+]c1cc(S)cc(S)c1.[C-]#[N+]c1cc(SC(=O)N(C)C)cc(SC(=O)N(C)C)c1.[Na+].[OH-]. The van der Waals surface area contributed by atoms with E-state index in [4.69, 9.17) is 13.1 Å². The molecule has 0 unspecified atom stereocenters. The van der Waals surface area contributed by atoms with Gasteiger partial charge in [-0.25, -0.2) is 9.69 Å². The summed E-state index contributed by atoms with van der Waals surface area (Å²) >= 11 is 10.2. The van der Waals surface area contributed by atoms with Gasteiger partial charge < -0.3 is 15.3 Å². The van der Waals surface area contributed by atoms with Crippen molar-refractivity contribution in [1.82, 2.24) is 9.80 Å². The molecule has 164 valence electrons. The zero-order chi connectivity index (χ0) is 22.8. The van der Waals surface area contributed by atoms with Gasteiger partial charge in [0.1, 0.15) is 0 Å². The summed E-state index contributed by atoms with van der Waals surface area (Å²) in [6.45, 7) is 13.8. The van der Waals surface area contributed by atoms with E-state index in [1.165, 1.54) is 9.80 Å². The number of rotatable bonds is 2. The molecule has 2 aromatic rings. The number of thiol groups is 2. The molecule has 0 fully saturated rings. The van der Waals surface area contributed by atoms with Gasteiger partial charge in [-0.2, -0.15) is 0 Å². The Labute approximate surface area is 230 Å². The minimum atomic E-state index is -0.123. The fraction of sp³-hybridized carbons (Fsp3) is 0.200. The molecule has 0 aliphatic carbocycles. The quantitative estimate of drug-likeness (QED) is 0.277. The van der Waals surface area contributed by atoms with Crippen molar-refractivity contribution in [2.24, 2.45) is 0 Å². The van der Waals surface area contributed by atoms with Crippen LogP contribution in [0.15, 0.2) is 56.0 Å². The standard InChI is InChI=1S/C13H15N3O2S2.C7H5NS2.Na.H2O/c1-14-9-6-10(19-12(17)15(2)3)8-11(7-9)20-13(18)16(4)5;1-8-5-2-6(9)4-7(10)3-5;;/h6-8H,2-5H3;2-4,9-10H;;1H2/q;;+1;/p-1. The Hall–Kier alpha value is -1.28. The molecule has 1 N–H and O–H groups in total. The summed E-state index contributed by atoms with van der Waals surface area (Å²) in [6.07, 6.45) is 0. The van der Waals surface area contributed by atoms with Crippen LogP contribution >= 0.6 is 48.8 Å². The van der Waals surface area contributed by atoms with Gasteiger partial charge in [0, 0.05) is 38.0 Å². The van der Waals surface area contributed by atoms with Gasteiger partial charge in [0.25, 0.3) is 10.5 Å². The average molecular weight is 517 g/mol. The van der Waals surface area contributed by atoms with Crippen molar-refractivity contribution in [3.8, 4) is 0 Å². The fourth-order valence-corrected chi connectivity index (χ4v) is 3.99. The Kier molecular flexibility index (Phi) is 16.8. The molecular weight excluding hydrogens is 496 g/mol. The van der Waals surface area contributed by atoms with E-state index < -0.39 is 0 Å². The van der Waals surface area contributed by atoms with E-state index in [2.05, 4.69) is 34.9 Å². The Morgan fingerprint density at radius 3 is 1.41 bits per heavy atom. The number of benzene rings is 2. The number of nitrogens with zero attached hydrogens (tertiary/aromatic N) is 4. The summed E-state index contributed by atoms with van der Waals surface area (Å²) in [6, 6.07) is 10.2. The maximum Gasteiger partial charge on any atom is 1.00 e. The molecule has 0 aromatic heterocycles. The molecule has 0 aliphatic heterocycles. The summed E-state index contributed by atoms with van der Waals surface area (Å²) in [7, 11) is 6.66. The monoisotopic (exact) mass is 516 g/mol. The van der Waals surface area contributed by atoms with Gasteiger partial charge in [0.05, 0.1) is 13.1 Å². The largest absolute Gasteiger partial charge is 1.00 e. The van der Waals surface area contributed by atoms with Crippen LogP contribution in [0.1, 0.15) is 0 Å². The van der Waals surface area contributed by atoms with E-state index >= 15 is 0 Å². The van der Waals surface area contributed by atoms with Crippen molar-refractivity contribution >= 4 is 70.6 Å². The molecule has 0 radical (unpaired) electrons. The summed E-state index contributed by atoms with van der Waals surface area (Å²) in [4.78, 5) is 35.8. The Bertz CT molecular complexity index is 960. The number of amides is 2. The molecule has 2 amide bonds. The summed E-state index contributed by atoms with van der Waals surface area (Å²) < 4.78 is 0. The van der Waals surface area contributed by atoms with Crippen LogP contribution in [-0.4, -0.2) is 53.9 Å². The summed E-state index contributed by atoms with van der Waals surface area (Å²) in [5.41, 5.74) is 0.994. The molecule has 12 heteroatoms. The van der Waals surface area contributed by atoms with Gasteiger partial charge in [-0.3, -0.25) is 9.59 Å². The van der Waals surface area contributed by atoms with E-state index in [-0.39, 0.29) is 45.5 Å². The van der Waals surface area contributed by atoms with Gasteiger partial charge in [-0.1, -0.05) is 0 Å². The molecule has 0 saturated heterocycles. The van der Waals surface area contributed by atoms with Gasteiger partial charge >= 0.3 is 29.6 Å². The third-order valence-corrected chi connectivity index (χ3v) is 5.69. The molecule has 0 aliphatic rings. The minimum absolute atomic E-state index is 0. The number of carbonyl (C=O) groups is 2. The zero-order valence-electron chi connectivity index (χ0n) is 18.2. The van der Waals surface area contributed by atoms with Crippen molar-refractivity contribution in [1.29, 1.82) is 0 Å². The van der Waals surface area contributed by atoms with Crippen molar-refractivity contribution < 1.29 is 44.6 Å². The molecule has 2 rings (SSSR count). The van der Waals surface area contributed by atoms with Crippen LogP contribution in [-0.2, 0) is 0 Å². The Morgan fingerprint density at radius 2 is 1.09 bits per heavy atom. The maximum atomic E-state index is 11.7. The van der Waals surface area contributed by atoms with Crippen molar-refractivity contribution in [2.75, 3.05) is 28.2 Å². The number of hydrogen-bond acceptors (Lipinski definition) is 7. The first-order valence-corrected chi connectivity index (χ1v) is 10.8. The van der Waals surface area contributed by atoms with E-state index in [9.17, 15) is 9.59 Å². The first-order chi connectivity index (χ1) is 14.0. The molecule has 0 bridgehead atoms. The predicted molar refractivity (Wildman–Crippen MR) is 132 cm³/mol. The second-order valence-electron chi connectivity index (χ2n) is 6.12. The number of thioether (sulfide) groups is 2. The van der Waals surface area contributed by atoms with Crippen LogP contribution < -0.4 is 29.6 Å². The van der Waals surface area contributed by atoms with Crippen LogP contribution in [0.2, 0.25) is 0 Å². The van der Waals surface area contributed by atoms with Crippen molar-refractivity contribution in [2.45, 2.75) is 19.6 Å². The third kappa shape index (κ3) is 12.1. The average Bonchev–Trinajstić information content (AvgIpc) is 2.67. The molecule has 0 heterocycles. The van der Waals surface area contributed by atoms with E-state index in [0.717, 1.165) is 33.3 Å². The van der Waals surface area contributed by atoms with E-state index in [0.29, 0.717) is 21.2 Å². The van der Waals surface area contributed by atoms with Crippen LogP contribution in [0.5, 0.6) is 0 Å². The molecule has 7 nitrogen and oxygen atoms in total. The topological polar surface area (TPSA) is 79.3 Å². The fourth-order valence-electron chi connectivity index (χ4n) is 1.77. The smallest absolute Gasteiger partial charge is 0.870 e. The summed E-state index contributed by atoms with van der Waals surface area (Å²) in [5.74, 6) is 0. The van der Waals surface area contributed by atoms with Crippen LogP contribution in [0.25, 0.3) is 9.69 Å². The number of carbonyl (C=O) groups excluding carboxylic acids is 2. The van der Waals surface area contributed by atoms with Gasteiger partial charge in [-0.05, 0) is 69.7 Å². The second kappa shape index (κ2) is 16.4. The molecular formula is C20H21N4NaO3S4. The maximum absolute atomic E-state index is 11.7. The molecule has 0 atom stereocenters. The molecule has 2 aromatic carbocycles. The molecule has 32 heavy (non-hydrogen) atoms. The minimum Gasteiger partial charge on any atom is -0.870 e. The van der Waals surface area contributed by atoms with Gasteiger partial charge in [-0.15, -0.1) is 25.3 Å². The van der Waals surface area contributed by atoms with E-state index in [1.807, 2.05) is 0 Å². The van der Waals surface area contributed by atoms with Crippen LogP contribution in [0.4, 0.5) is 21.0 Å². The predicted octanol–water partition coefficient (Wildman–Crippen LogP) is 3.43. The van der Waals surface area contributed by atoms with Gasteiger partial charge in [0.15, 0.2) is 11.4 Å². The first kappa shape index (κ1) is 32.9. The number of hydrogen-bond donors (Lipinski definition) is 2. The third-order valence-electron chi connectivity index (χ3n) is 3.15. The Balaban J connectivity index is 0. The van der Waals surface area contributed by atoms with Gasteiger partial charge in [0.2, 0.25) is 0 Å². The van der Waals surface area contributed by atoms with E-state index in [1.54, 1.807) is 64.6 Å². The normalized spacial score (nSPS) is 8.88. The second-order valence-corrected chi connectivity index (χ2v) is 9.20. The molecule has 0 spiro atoms. The zero-order valence-corrected chi connectivity index (χ0v) is 23.6. The van der Waals surface area contributed by atoms with Crippen LogP contribution in [0.3, 0.4) is 0 Å².